The molecule has 0 bridgehead atoms. The van der Waals surface area contributed by atoms with E-state index in [0.717, 1.165) is 12.0 Å². The molecular formula is C15H21ClN2O2. The molecule has 1 unspecified atom stereocenters. The number of benzene rings is 1. The summed E-state index contributed by atoms with van der Waals surface area (Å²) in [6, 6.07) is 6.80. The third kappa shape index (κ3) is 4.53. The Hall–Kier alpha value is -1.55. The van der Waals surface area contributed by atoms with Crippen molar-refractivity contribution in [2.45, 2.75) is 39.3 Å². The van der Waals surface area contributed by atoms with Gasteiger partial charge in [-0.3, -0.25) is 9.59 Å². The number of carbonyl (C=O) groups excluding carboxylic acids is 2. The van der Waals surface area contributed by atoms with Crippen LogP contribution in [0.1, 0.15) is 32.3 Å². The van der Waals surface area contributed by atoms with E-state index in [9.17, 15) is 9.59 Å². The van der Waals surface area contributed by atoms with Crippen LogP contribution in [0.25, 0.3) is 0 Å². The summed E-state index contributed by atoms with van der Waals surface area (Å²) in [5.41, 5.74) is 0.953. The molecule has 0 aromatic heterocycles. The molecule has 2 amide bonds. The number of nitrogens with zero attached hydrogens (tertiary/aromatic N) is 1. The Morgan fingerprint density at radius 3 is 2.40 bits per heavy atom. The van der Waals surface area contributed by atoms with Crippen LogP contribution in [0.4, 0.5) is 0 Å². The molecule has 0 fully saturated rings. The largest absolute Gasteiger partial charge is 0.357 e. The quantitative estimate of drug-likeness (QED) is 0.877. The van der Waals surface area contributed by atoms with Gasteiger partial charge in [-0.15, -0.1) is 0 Å². The van der Waals surface area contributed by atoms with Crippen LogP contribution < -0.4 is 5.32 Å². The number of nitrogens with one attached hydrogen (secondary N) is 1. The Labute approximate surface area is 125 Å². The SMILES string of the molecule is CCCC(=O)N(Cc1ccc(Cl)cc1)C(C)C(=O)NC. The first kappa shape index (κ1) is 16.5. The minimum Gasteiger partial charge on any atom is -0.357 e. The second-order valence-corrected chi connectivity index (χ2v) is 5.12. The van der Waals surface area contributed by atoms with Crippen molar-refractivity contribution in [1.29, 1.82) is 0 Å². The van der Waals surface area contributed by atoms with Crippen molar-refractivity contribution in [2.75, 3.05) is 7.05 Å². The molecular weight excluding hydrogens is 276 g/mol. The van der Waals surface area contributed by atoms with Gasteiger partial charge in [0.05, 0.1) is 0 Å². The van der Waals surface area contributed by atoms with E-state index >= 15 is 0 Å². The van der Waals surface area contributed by atoms with Gasteiger partial charge in [0.2, 0.25) is 11.8 Å². The van der Waals surface area contributed by atoms with Crippen molar-refractivity contribution in [2.24, 2.45) is 0 Å². The van der Waals surface area contributed by atoms with Crippen LogP contribution >= 0.6 is 11.6 Å². The van der Waals surface area contributed by atoms with E-state index in [1.165, 1.54) is 0 Å². The van der Waals surface area contributed by atoms with E-state index in [4.69, 9.17) is 11.6 Å². The summed E-state index contributed by atoms with van der Waals surface area (Å²) in [6.07, 6.45) is 1.20. The molecule has 0 spiro atoms. The van der Waals surface area contributed by atoms with Gasteiger partial charge in [0.15, 0.2) is 0 Å². The Morgan fingerprint density at radius 1 is 1.30 bits per heavy atom. The van der Waals surface area contributed by atoms with Crippen LogP contribution in [-0.2, 0) is 16.1 Å². The fourth-order valence-electron chi connectivity index (χ4n) is 1.94. The highest BCUT2D eigenvalue weighted by Crippen LogP contribution is 2.14. The number of halogens is 1. The van der Waals surface area contributed by atoms with Gasteiger partial charge in [0.25, 0.3) is 0 Å². The van der Waals surface area contributed by atoms with Crippen LogP contribution in [-0.4, -0.2) is 29.8 Å². The number of likely N-dealkylation sites (N-methyl/N-ethyl adjacent to an activating group) is 1. The molecule has 20 heavy (non-hydrogen) atoms. The van der Waals surface area contributed by atoms with E-state index in [1.54, 1.807) is 31.0 Å². The molecule has 4 nitrogen and oxygen atoms in total. The molecule has 1 rings (SSSR count). The van der Waals surface area contributed by atoms with Crippen LogP contribution in [0, 0.1) is 0 Å². The number of amides is 2. The van der Waals surface area contributed by atoms with Crippen LogP contribution in [0.3, 0.4) is 0 Å². The van der Waals surface area contributed by atoms with Crippen LogP contribution in [0.5, 0.6) is 0 Å². The second-order valence-electron chi connectivity index (χ2n) is 4.69. The lowest BCUT2D eigenvalue weighted by molar-refractivity contribution is -0.140. The predicted molar refractivity (Wildman–Crippen MR) is 80.4 cm³/mol. The van der Waals surface area contributed by atoms with Crippen molar-refractivity contribution in [3.05, 3.63) is 34.9 Å². The van der Waals surface area contributed by atoms with Gasteiger partial charge in [-0.05, 0) is 31.0 Å². The number of hydrogen-bond donors (Lipinski definition) is 1. The maximum Gasteiger partial charge on any atom is 0.242 e. The van der Waals surface area contributed by atoms with E-state index in [-0.39, 0.29) is 11.8 Å². The average molecular weight is 297 g/mol. The fourth-order valence-corrected chi connectivity index (χ4v) is 2.06. The van der Waals surface area contributed by atoms with Crippen LogP contribution in [0.15, 0.2) is 24.3 Å². The summed E-state index contributed by atoms with van der Waals surface area (Å²) in [6.45, 7) is 4.09. The normalized spacial score (nSPS) is 11.8. The maximum atomic E-state index is 12.2. The smallest absolute Gasteiger partial charge is 0.242 e. The van der Waals surface area contributed by atoms with Crippen molar-refractivity contribution in [1.82, 2.24) is 10.2 Å². The van der Waals surface area contributed by atoms with Gasteiger partial charge >= 0.3 is 0 Å². The maximum absolute atomic E-state index is 12.2. The summed E-state index contributed by atoms with van der Waals surface area (Å²) in [7, 11) is 1.57. The van der Waals surface area contributed by atoms with E-state index in [0.29, 0.717) is 18.0 Å². The molecule has 0 aliphatic rings. The highest BCUT2D eigenvalue weighted by Gasteiger charge is 2.24. The highest BCUT2D eigenvalue weighted by atomic mass is 35.5. The first-order valence-electron chi connectivity index (χ1n) is 6.75. The topological polar surface area (TPSA) is 49.4 Å². The van der Waals surface area contributed by atoms with Gasteiger partial charge < -0.3 is 10.2 Å². The summed E-state index contributed by atoms with van der Waals surface area (Å²) in [5, 5.41) is 3.24. The first-order chi connectivity index (χ1) is 9.49. The number of carbonyl (C=O) groups is 2. The molecule has 0 aliphatic carbocycles. The van der Waals surface area contributed by atoms with Crippen molar-refractivity contribution < 1.29 is 9.59 Å². The molecule has 110 valence electrons. The summed E-state index contributed by atoms with van der Waals surface area (Å²) >= 11 is 5.85. The van der Waals surface area contributed by atoms with Gasteiger partial charge in [-0.1, -0.05) is 30.7 Å². The summed E-state index contributed by atoms with van der Waals surface area (Å²) in [5.74, 6) is -0.179. The third-order valence-electron chi connectivity index (χ3n) is 3.14. The lowest BCUT2D eigenvalue weighted by Crippen LogP contribution is -2.46. The van der Waals surface area contributed by atoms with Crippen LogP contribution in [0.2, 0.25) is 5.02 Å². The lowest BCUT2D eigenvalue weighted by Gasteiger charge is -2.28. The summed E-state index contributed by atoms with van der Waals surface area (Å²) < 4.78 is 0. The zero-order chi connectivity index (χ0) is 15.1. The van der Waals surface area contributed by atoms with Crippen molar-refractivity contribution in [3.63, 3.8) is 0 Å². The molecule has 0 saturated carbocycles. The number of rotatable bonds is 6. The second kappa shape index (κ2) is 7.90. The van der Waals surface area contributed by atoms with Gasteiger partial charge in [0, 0.05) is 25.0 Å². The molecule has 0 saturated heterocycles. The van der Waals surface area contributed by atoms with Gasteiger partial charge in [-0.2, -0.15) is 0 Å². The Morgan fingerprint density at radius 2 is 1.90 bits per heavy atom. The van der Waals surface area contributed by atoms with Crippen molar-refractivity contribution >= 4 is 23.4 Å². The zero-order valence-corrected chi connectivity index (χ0v) is 12.9. The minimum absolute atomic E-state index is 0.0152. The monoisotopic (exact) mass is 296 g/mol. The molecule has 0 heterocycles. The first-order valence-corrected chi connectivity index (χ1v) is 7.12. The van der Waals surface area contributed by atoms with E-state index in [1.807, 2.05) is 19.1 Å². The Balaban J connectivity index is 2.89. The summed E-state index contributed by atoms with van der Waals surface area (Å²) in [4.78, 5) is 25.6. The fraction of sp³-hybridized carbons (Fsp3) is 0.467. The molecule has 1 aromatic rings. The number of hydrogen-bond acceptors (Lipinski definition) is 2. The Bertz CT molecular complexity index is 459. The molecule has 1 aromatic carbocycles. The predicted octanol–water partition coefficient (Wildman–Crippen LogP) is 2.60. The molecule has 1 atom stereocenters. The lowest BCUT2D eigenvalue weighted by atomic mass is 10.1. The third-order valence-corrected chi connectivity index (χ3v) is 3.40. The zero-order valence-electron chi connectivity index (χ0n) is 12.1. The Kier molecular flexibility index (Phi) is 6.52. The van der Waals surface area contributed by atoms with Gasteiger partial charge in [-0.25, -0.2) is 0 Å². The minimum atomic E-state index is -0.491. The van der Waals surface area contributed by atoms with E-state index in [2.05, 4.69) is 5.32 Å². The molecule has 0 aliphatic heterocycles. The standard InChI is InChI=1S/C15H21ClN2O2/c1-4-5-14(19)18(11(2)15(20)17-3)10-12-6-8-13(16)9-7-12/h6-9,11H,4-5,10H2,1-3H3,(H,17,20). The average Bonchev–Trinajstić information content (AvgIpc) is 2.45. The highest BCUT2D eigenvalue weighted by molar-refractivity contribution is 6.30. The molecule has 0 radical (unpaired) electrons. The van der Waals surface area contributed by atoms with Crippen molar-refractivity contribution in [3.8, 4) is 0 Å². The van der Waals surface area contributed by atoms with E-state index < -0.39 is 6.04 Å². The van der Waals surface area contributed by atoms with Gasteiger partial charge in [0.1, 0.15) is 6.04 Å². The molecule has 5 heteroatoms. The molecule has 1 N–H and O–H groups in total.